The van der Waals surface area contributed by atoms with E-state index in [1.165, 1.54) is 0 Å². The maximum Gasteiger partial charge on any atom is 0.152 e. The normalized spacial score (nSPS) is 12.8. The van der Waals surface area contributed by atoms with Crippen molar-refractivity contribution in [3.8, 4) is 0 Å². The highest BCUT2D eigenvalue weighted by Gasteiger charge is 2.18. The molecule has 3 rings (SSSR count). The highest BCUT2D eigenvalue weighted by Crippen LogP contribution is 2.34. The Bertz CT molecular complexity index is 785. The molecule has 2 N–H and O–H groups in total. The van der Waals surface area contributed by atoms with E-state index in [-0.39, 0.29) is 0 Å². The van der Waals surface area contributed by atoms with Crippen molar-refractivity contribution in [3.05, 3.63) is 68.3 Å². The summed E-state index contributed by atoms with van der Waals surface area (Å²) in [5, 5.41) is 2.14. The summed E-state index contributed by atoms with van der Waals surface area (Å²) in [4.78, 5) is 0. The largest absolute Gasteiger partial charge is 0.457 e. The second-order valence-electron chi connectivity index (χ2n) is 4.45. The fraction of sp³-hybridized carbons (Fsp3) is 0.0667. The molecule has 0 aliphatic heterocycles. The summed E-state index contributed by atoms with van der Waals surface area (Å²) in [7, 11) is 0. The Hall–Kier alpha value is -1.000. The Morgan fingerprint density at radius 3 is 2.65 bits per heavy atom. The van der Waals surface area contributed by atoms with Crippen molar-refractivity contribution in [1.29, 1.82) is 0 Å². The van der Waals surface area contributed by atoms with Crippen LogP contribution in [0.3, 0.4) is 0 Å². The maximum atomic E-state index is 6.27. The van der Waals surface area contributed by atoms with Crippen molar-refractivity contribution in [1.82, 2.24) is 0 Å². The van der Waals surface area contributed by atoms with Crippen LogP contribution in [0.1, 0.15) is 17.4 Å². The van der Waals surface area contributed by atoms with Crippen molar-refractivity contribution < 1.29 is 4.42 Å². The molecule has 3 aromatic rings. The zero-order valence-electron chi connectivity index (χ0n) is 10.2. The van der Waals surface area contributed by atoms with Crippen molar-refractivity contribution in [2.45, 2.75) is 6.04 Å². The molecule has 0 bridgehead atoms. The lowest BCUT2D eigenvalue weighted by atomic mass is 10.1. The number of benzene rings is 2. The van der Waals surface area contributed by atoms with Gasteiger partial charge in [-0.15, -0.1) is 0 Å². The van der Waals surface area contributed by atoms with Gasteiger partial charge in [-0.1, -0.05) is 51.3 Å². The predicted molar refractivity (Wildman–Crippen MR) is 86.4 cm³/mol. The summed E-state index contributed by atoms with van der Waals surface area (Å²) in [6.07, 6.45) is 0. The maximum absolute atomic E-state index is 6.27. The van der Waals surface area contributed by atoms with Crippen LogP contribution < -0.4 is 5.73 Å². The van der Waals surface area contributed by atoms with Crippen LogP contribution in [-0.2, 0) is 0 Å². The van der Waals surface area contributed by atoms with Gasteiger partial charge in [-0.3, -0.25) is 0 Å². The molecule has 2 aromatic carbocycles. The lowest BCUT2D eigenvalue weighted by Crippen LogP contribution is -2.11. The van der Waals surface area contributed by atoms with Crippen LogP contribution in [0.5, 0.6) is 0 Å². The van der Waals surface area contributed by atoms with Gasteiger partial charge in [-0.2, -0.15) is 0 Å². The van der Waals surface area contributed by atoms with Crippen LogP contribution in [0.25, 0.3) is 11.0 Å². The molecular formula is C15H10BrCl2NO. The van der Waals surface area contributed by atoms with Gasteiger partial charge in [0.2, 0.25) is 0 Å². The van der Waals surface area contributed by atoms with Crippen molar-refractivity contribution >= 4 is 50.1 Å². The molecule has 1 heterocycles. The third-order valence-corrected chi connectivity index (χ3v) is 4.37. The zero-order chi connectivity index (χ0) is 14.3. The van der Waals surface area contributed by atoms with Gasteiger partial charge in [0, 0.05) is 14.9 Å². The molecule has 5 heteroatoms. The summed E-state index contributed by atoms with van der Waals surface area (Å²) in [6, 6.07) is 12.6. The fourth-order valence-corrected chi connectivity index (χ4v) is 3.00. The molecule has 0 saturated carbocycles. The monoisotopic (exact) mass is 369 g/mol. The minimum Gasteiger partial charge on any atom is -0.457 e. The Morgan fingerprint density at radius 2 is 1.90 bits per heavy atom. The molecule has 0 radical (unpaired) electrons. The van der Waals surface area contributed by atoms with E-state index < -0.39 is 6.04 Å². The Kier molecular flexibility index (Phi) is 3.78. The second-order valence-corrected chi connectivity index (χ2v) is 6.15. The minimum absolute atomic E-state index is 0.411. The van der Waals surface area contributed by atoms with Crippen LogP contribution in [0, 0.1) is 0 Å². The van der Waals surface area contributed by atoms with E-state index in [0.29, 0.717) is 21.4 Å². The number of hydrogen-bond acceptors (Lipinski definition) is 2. The first-order chi connectivity index (χ1) is 9.56. The molecule has 0 fully saturated rings. The van der Waals surface area contributed by atoms with Crippen LogP contribution >= 0.6 is 39.1 Å². The molecule has 0 amide bonds. The summed E-state index contributed by atoms with van der Waals surface area (Å²) < 4.78 is 6.68. The molecule has 1 unspecified atom stereocenters. The molecule has 0 saturated heterocycles. The molecular weight excluding hydrogens is 361 g/mol. The van der Waals surface area contributed by atoms with E-state index in [2.05, 4.69) is 15.9 Å². The van der Waals surface area contributed by atoms with E-state index in [0.717, 1.165) is 15.4 Å². The molecule has 0 aliphatic carbocycles. The third kappa shape index (κ3) is 2.47. The smallest absolute Gasteiger partial charge is 0.152 e. The Morgan fingerprint density at radius 1 is 1.10 bits per heavy atom. The van der Waals surface area contributed by atoms with Crippen molar-refractivity contribution in [3.63, 3.8) is 0 Å². The standard InChI is InChI=1S/C15H10BrCl2NO/c16-11-5-4-9(17)7-10(11)14(19)13-6-8-2-1-3-12(18)15(8)20-13/h1-7,14H,19H2. The molecule has 2 nitrogen and oxygen atoms in total. The van der Waals surface area contributed by atoms with Gasteiger partial charge in [0.05, 0.1) is 11.1 Å². The Balaban J connectivity index is 2.10. The number of furan rings is 1. The second kappa shape index (κ2) is 5.41. The van der Waals surface area contributed by atoms with Gasteiger partial charge in [-0.05, 0) is 35.9 Å². The summed E-state index contributed by atoms with van der Waals surface area (Å²) in [6.45, 7) is 0. The van der Waals surface area contributed by atoms with E-state index in [9.17, 15) is 0 Å². The Labute approximate surface area is 134 Å². The summed E-state index contributed by atoms with van der Waals surface area (Å²) in [5.74, 6) is 0.649. The first kappa shape index (κ1) is 14.0. The van der Waals surface area contributed by atoms with Gasteiger partial charge >= 0.3 is 0 Å². The van der Waals surface area contributed by atoms with Crippen LogP contribution in [0.15, 0.2) is 51.4 Å². The quantitative estimate of drug-likeness (QED) is 0.642. The van der Waals surface area contributed by atoms with E-state index in [1.54, 1.807) is 12.1 Å². The zero-order valence-corrected chi connectivity index (χ0v) is 13.3. The number of hydrogen-bond donors (Lipinski definition) is 1. The van der Waals surface area contributed by atoms with Crippen LogP contribution in [0.2, 0.25) is 10.0 Å². The van der Waals surface area contributed by atoms with Gasteiger partial charge < -0.3 is 10.2 Å². The highest BCUT2D eigenvalue weighted by atomic mass is 79.9. The SMILES string of the molecule is NC(c1cc2cccc(Cl)c2o1)c1cc(Cl)ccc1Br. The molecule has 1 atom stereocenters. The van der Waals surface area contributed by atoms with E-state index >= 15 is 0 Å². The van der Waals surface area contributed by atoms with E-state index in [1.807, 2.05) is 30.3 Å². The fourth-order valence-electron chi connectivity index (χ4n) is 2.11. The number of para-hydroxylation sites is 1. The van der Waals surface area contributed by atoms with Gasteiger partial charge in [-0.25, -0.2) is 0 Å². The molecule has 0 aliphatic rings. The summed E-state index contributed by atoms with van der Waals surface area (Å²) >= 11 is 15.6. The van der Waals surface area contributed by atoms with Crippen LogP contribution in [0.4, 0.5) is 0 Å². The van der Waals surface area contributed by atoms with Gasteiger partial charge in [0.1, 0.15) is 5.76 Å². The molecule has 0 spiro atoms. The van der Waals surface area contributed by atoms with Gasteiger partial charge in [0.15, 0.2) is 5.58 Å². The lowest BCUT2D eigenvalue weighted by Gasteiger charge is -2.11. The number of halogens is 3. The predicted octanol–water partition coefficient (Wildman–Crippen LogP) is 5.55. The van der Waals surface area contributed by atoms with Crippen LogP contribution in [-0.4, -0.2) is 0 Å². The number of nitrogens with two attached hydrogens (primary N) is 1. The lowest BCUT2D eigenvalue weighted by molar-refractivity contribution is 0.524. The first-order valence-electron chi connectivity index (χ1n) is 5.95. The molecule has 1 aromatic heterocycles. The molecule has 102 valence electrons. The number of rotatable bonds is 2. The molecule has 20 heavy (non-hydrogen) atoms. The van der Waals surface area contributed by atoms with Crippen molar-refractivity contribution in [2.75, 3.05) is 0 Å². The minimum atomic E-state index is -0.411. The van der Waals surface area contributed by atoms with Crippen molar-refractivity contribution in [2.24, 2.45) is 5.73 Å². The average molecular weight is 371 g/mol. The number of fused-ring (bicyclic) bond motifs is 1. The first-order valence-corrected chi connectivity index (χ1v) is 7.49. The topological polar surface area (TPSA) is 39.2 Å². The summed E-state index contributed by atoms with van der Waals surface area (Å²) in [5.41, 5.74) is 7.79. The highest BCUT2D eigenvalue weighted by molar-refractivity contribution is 9.10. The van der Waals surface area contributed by atoms with E-state index in [4.69, 9.17) is 33.4 Å². The average Bonchev–Trinajstić information content (AvgIpc) is 2.86. The van der Waals surface area contributed by atoms with Gasteiger partial charge in [0.25, 0.3) is 0 Å². The third-order valence-electron chi connectivity index (χ3n) is 3.11.